The van der Waals surface area contributed by atoms with Gasteiger partial charge in [-0.2, -0.15) is 0 Å². The number of unbranched alkanes of at least 4 members (excludes halogenated alkanes) is 14. The molecule has 1 heterocycles. The maximum Gasteiger partial charge on any atom is 0.331 e. The molecule has 0 aromatic rings. The maximum atomic E-state index is 12.8. The molecule has 0 radical (unpaired) electrons. The highest BCUT2D eigenvalue weighted by Gasteiger charge is 2.53. The highest BCUT2D eigenvalue weighted by atomic mass is 16.5. The van der Waals surface area contributed by atoms with Crippen LogP contribution in [0.5, 0.6) is 0 Å². The molecule has 1 amide bonds. The van der Waals surface area contributed by atoms with Crippen molar-refractivity contribution in [2.45, 2.75) is 167 Å². The number of carbonyl (C=O) groups is 2. The smallest absolute Gasteiger partial charge is 0.331 e. The fraction of sp³-hybridized carbons (Fsp3) is 0.931. The zero-order valence-electron chi connectivity index (χ0n) is 23.5. The van der Waals surface area contributed by atoms with Crippen LogP contribution in [0.25, 0.3) is 0 Å². The van der Waals surface area contributed by atoms with Crippen molar-refractivity contribution < 1.29 is 14.3 Å². The van der Waals surface area contributed by atoms with Gasteiger partial charge in [-0.3, -0.25) is 4.79 Å². The molecule has 200 valence electrons. The van der Waals surface area contributed by atoms with E-state index in [0.29, 0.717) is 19.3 Å². The van der Waals surface area contributed by atoms with E-state index in [4.69, 9.17) is 4.74 Å². The summed E-state index contributed by atoms with van der Waals surface area (Å²) in [5.41, 5.74) is -1.49. The van der Waals surface area contributed by atoms with Crippen molar-refractivity contribution in [3.63, 3.8) is 0 Å². The van der Waals surface area contributed by atoms with Gasteiger partial charge in [0, 0.05) is 17.5 Å². The Kier molecular flexibility index (Phi) is 14.4. The Bertz CT molecular complexity index is 570. The van der Waals surface area contributed by atoms with Gasteiger partial charge in [0.1, 0.15) is 5.54 Å². The van der Waals surface area contributed by atoms with Crippen LogP contribution in [0.2, 0.25) is 0 Å². The second-order valence-corrected chi connectivity index (χ2v) is 12.1. The molecule has 0 spiro atoms. The van der Waals surface area contributed by atoms with Crippen molar-refractivity contribution in [1.29, 1.82) is 0 Å². The Morgan fingerprint density at radius 1 is 0.706 bits per heavy atom. The number of hydrogen-bond donors (Lipinski definition) is 2. The van der Waals surface area contributed by atoms with E-state index >= 15 is 0 Å². The molecule has 1 aliphatic heterocycles. The lowest BCUT2D eigenvalue weighted by atomic mass is 9.70. The fourth-order valence-electron chi connectivity index (χ4n) is 6.04. The van der Waals surface area contributed by atoms with Gasteiger partial charge in [-0.1, -0.05) is 96.8 Å². The first-order valence-electron chi connectivity index (χ1n) is 14.2. The summed E-state index contributed by atoms with van der Waals surface area (Å²) in [5.74, 6) is -0.367. The Hall–Kier alpha value is -1.10. The summed E-state index contributed by atoms with van der Waals surface area (Å²) >= 11 is 0. The minimum atomic E-state index is -0.959. The van der Waals surface area contributed by atoms with Crippen LogP contribution in [0.15, 0.2) is 0 Å². The van der Waals surface area contributed by atoms with Crippen LogP contribution in [0.3, 0.4) is 0 Å². The van der Waals surface area contributed by atoms with Gasteiger partial charge in [-0.15, -0.1) is 0 Å². The predicted molar refractivity (Wildman–Crippen MR) is 143 cm³/mol. The third-order valence-corrected chi connectivity index (χ3v) is 7.13. The van der Waals surface area contributed by atoms with E-state index in [0.717, 1.165) is 12.8 Å². The van der Waals surface area contributed by atoms with Gasteiger partial charge >= 0.3 is 5.97 Å². The van der Waals surface area contributed by atoms with Gasteiger partial charge in [0.05, 0.1) is 7.11 Å². The summed E-state index contributed by atoms with van der Waals surface area (Å²) in [7, 11) is 1.41. The van der Waals surface area contributed by atoms with Crippen LogP contribution in [0.4, 0.5) is 0 Å². The minimum absolute atomic E-state index is 0.0337. The zero-order chi connectivity index (χ0) is 25.5. The Labute approximate surface area is 210 Å². The summed E-state index contributed by atoms with van der Waals surface area (Å²) in [6.45, 7) is 10.6. The molecule has 34 heavy (non-hydrogen) atoms. The van der Waals surface area contributed by atoms with Gasteiger partial charge in [0.2, 0.25) is 5.91 Å². The average Bonchev–Trinajstić information content (AvgIpc) is 2.73. The summed E-state index contributed by atoms with van der Waals surface area (Å²) in [4.78, 5) is 25.5. The Morgan fingerprint density at radius 2 is 1.09 bits per heavy atom. The van der Waals surface area contributed by atoms with Gasteiger partial charge < -0.3 is 15.4 Å². The number of esters is 1. The van der Waals surface area contributed by atoms with Crippen molar-refractivity contribution in [3.8, 4) is 0 Å². The number of methoxy groups -OCH3 is 1. The van der Waals surface area contributed by atoms with Crippen molar-refractivity contribution >= 4 is 11.9 Å². The lowest BCUT2D eigenvalue weighted by Crippen LogP contribution is -2.70. The van der Waals surface area contributed by atoms with Gasteiger partial charge in [-0.05, 0) is 47.0 Å². The molecular weight excluding hydrogens is 424 g/mol. The van der Waals surface area contributed by atoms with E-state index in [2.05, 4.69) is 45.3 Å². The molecule has 0 atom stereocenters. The fourth-order valence-corrected chi connectivity index (χ4v) is 6.04. The third kappa shape index (κ3) is 12.6. The van der Waals surface area contributed by atoms with E-state index in [1.807, 2.05) is 0 Å². The Morgan fingerprint density at radius 3 is 1.47 bits per heavy atom. The van der Waals surface area contributed by atoms with Crippen LogP contribution in [0, 0.1) is 0 Å². The molecule has 0 saturated carbocycles. The molecule has 0 aromatic heterocycles. The molecular formula is C29H56N2O3. The quantitative estimate of drug-likeness (QED) is 0.161. The first kappa shape index (κ1) is 30.9. The number of carbonyl (C=O) groups excluding carboxylic acids is 2. The highest BCUT2D eigenvalue weighted by molar-refractivity contribution is 5.88. The molecule has 0 bridgehead atoms. The average molecular weight is 481 g/mol. The van der Waals surface area contributed by atoms with Crippen molar-refractivity contribution in [1.82, 2.24) is 10.6 Å². The van der Waals surface area contributed by atoms with E-state index in [-0.39, 0.29) is 23.0 Å². The second kappa shape index (κ2) is 15.8. The van der Waals surface area contributed by atoms with Crippen LogP contribution in [-0.4, -0.2) is 35.6 Å². The highest BCUT2D eigenvalue weighted by Crippen LogP contribution is 2.37. The SMILES string of the molecule is CCCCCCCCCCCCCCCCCC(=O)NC1(C(=O)OC)CC(C)(C)NC(C)(C)C1. The lowest BCUT2D eigenvalue weighted by molar-refractivity contribution is -0.155. The molecule has 0 aromatic carbocycles. The zero-order valence-corrected chi connectivity index (χ0v) is 23.5. The molecule has 0 unspecified atom stereocenters. The monoisotopic (exact) mass is 480 g/mol. The van der Waals surface area contributed by atoms with Crippen LogP contribution >= 0.6 is 0 Å². The molecule has 1 saturated heterocycles. The van der Waals surface area contributed by atoms with Gasteiger partial charge in [0.15, 0.2) is 0 Å². The van der Waals surface area contributed by atoms with Crippen molar-refractivity contribution in [2.75, 3.05) is 7.11 Å². The Balaban J connectivity index is 2.18. The summed E-state index contributed by atoms with van der Waals surface area (Å²) in [6.07, 6.45) is 21.2. The van der Waals surface area contributed by atoms with Crippen molar-refractivity contribution in [3.05, 3.63) is 0 Å². The van der Waals surface area contributed by atoms with Crippen LogP contribution in [-0.2, 0) is 14.3 Å². The minimum Gasteiger partial charge on any atom is -0.467 e. The molecule has 0 aliphatic carbocycles. The number of ether oxygens (including phenoxy) is 1. The lowest BCUT2D eigenvalue weighted by Gasteiger charge is -2.51. The number of piperidine rings is 1. The predicted octanol–water partition coefficient (Wildman–Crippen LogP) is 7.22. The number of nitrogens with one attached hydrogen (secondary N) is 2. The van der Waals surface area contributed by atoms with Gasteiger partial charge in [0.25, 0.3) is 0 Å². The van der Waals surface area contributed by atoms with Crippen LogP contribution < -0.4 is 10.6 Å². The standard InChI is InChI=1S/C29H56N2O3/c1-7-8-9-10-11-12-13-14-15-16-17-18-19-20-21-22-25(32)30-29(26(33)34-6)23-27(2,3)31-28(4,5)24-29/h31H,7-24H2,1-6H3,(H,30,32). The molecule has 2 N–H and O–H groups in total. The van der Waals surface area contributed by atoms with Gasteiger partial charge in [-0.25, -0.2) is 4.79 Å². The molecule has 1 fully saturated rings. The van der Waals surface area contributed by atoms with E-state index in [1.54, 1.807) is 0 Å². The van der Waals surface area contributed by atoms with Crippen molar-refractivity contribution in [2.24, 2.45) is 0 Å². The van der Waals surface area contributed by atoms with Crippen LogP contribution in [0.1, 0.15) is 150 Å². The molecule has 1 rings (SSSR count). The summed E-state index contributed by atoms with van der Waals surface area (Å²) in [6, 6.07) is 0. The first-order chi connectivity index (χ1) is 16.1. The summed E-state index contributed by atoms with van der Waals surface area (Å²) < 4.78 is 5.13. The summed E-state index contributed by atoms with van der Waals surface area (Å²) in [5, 5.41) is 6.67. The first-order valence-corrected chi connectivity index (χ1v) is 14.2. The maximum absolute atomic E-state index is 12.8. The number of amides is 1. The molecule has 1 aliphatic rings. The van der Waals surface area contributed by atoms with E-state index < -0.39 is 5.54 Å². The molecule has 5 heteroatoms. The topological polar surface area (TPSA) is 67.4 Å². The van der Waals surface area contributed by atoms with E-state index in [9.17, 15) is 9.59 Å². The number of hydrogen-bond acceptors (Lipinski definition) is 4. The normalized spacial score (nSPS) is 18.4. The molecule has 5 nitrogen and oxygen atoms in total. The second-order valence-electron chi connectivity index (χ2n) is 12.1. The third-order valence-electron chi connectivity index (χ3n) is 7.13. The number of rotatable bonds is 18. The van der Waals surface area contributed by atoms with E-state index in [1.165, 1.54) is 90.6 Å². The largest absolute Gasteiger partial charge is 0.467 e.